The van der Waals surface area contributed by atoms with Gasteiger partial charge < -0.3 is 5.73 Å². The van der Waals surface area contributed by atoms with Crippen molar-refractivity contribution in [2.45, 2.75) is 0 Å². The number of hydrogen-bond acceptors (Lipinski definition) is 1. The third kappa shape index (κ3) is 5.35. The zero-order chi connectivity index (χ0) is 22.9. The van der Waals surface area contributed by atoms with Crippen molar-refractivity contribution in [3.63, 3.8) is 0 Å². The summed E-state index contributed by atoms with van der Waals surface area (Å²) in [4.78, 5) is 0. The molecule has 0 aliphatic carbocycles. The second-order valence-corrected chi connectivity index (χ2v) is 7.12. The van der Waals surface area contributed by atoms with Gasteiger partial charge in [0.1, 0.15) is 0 Å². The highest BCUT2D eigenvalue weighted by molar-refractivity contribution is 5.61. The normalized spacial score (nSPS) is 9.18. The first-order valence-electron chi connectivity index (χ1n) is 10.4. The molecular formula is C32H19N. The number of nitrogens with two attached hydrogens (primary N) is 1. The molecule has 0 aromatic heterocycles. The molecular weight excluding hydrogens is 398 g/mol. The van der Waals surface area contributed by atoms with E-state index >= 15 is 0 Å². The van der Waals surface area contributed by atoms with E-state index in [9.17, 15) is 0 Å². The Hall–Kier alpha value is -5.08. The minimum Gasteiger partial charge on any atom is -0.398 e. The summed E-state index contributed by atoms with van der Waals surface area (Å²) in [5.74, 6) is 21.9. The monoisotopic (exact) mass is 417 g/mol. The van der Waals surface area contributed by atoms with E-state index in [1.807, 2.05) is 97.1 Å². The van der Waals surface area contributed by atoms with Crippen LogP contribution in [0.4, 0.5) is 5.69 Å². The van der Waals surface area contributed by atoms with Crippen LogP contribution in [0.3, 0.4) is 0 Å². The Labute approximate surface area is 195 Å². The summed E-state index contributed by atoms with van der Waals surface area (Å²) in [5.41, 5.74) is 12.5. The second-order valence-electron chi connectivity index (χ2n) is 7.12. The lowest BCUT2D eigenvalue weighted by molar-refractivity contribution is 1.55. The van der Waals surface area contributed by atoms with Crippen LogP contribution in [0.15, 0.2) is 97.1 Å². The maximum atomic E-state index is 6.01. The van der Waals surface area contributed by atoms with Gasteiger partial charge in [0.05, 0.1) is 0 Å². The van der Waals surface area contributed by atoms with Crippen molar-refractivity contribution >= 4 is 5.69 Å². The first-order chi connectivity index (χ1) is 16.2. The molecule has 0 unspecified atom stereocenters. The second kappa shape index (κ2) is 10.3. The summed E-state index contributed by atoms with van der Waals surface area (Å²) >= 11 is 0. The van der Waals surface area contributed by atoms with E-state index in [1.165, 1.54) is 0 Å². The predicted octanol–water partition coefficient (Wildman–Crippen LogP) is 5.45. The molecule has 1 heteroatoms. The minimum absolute atomic E-state index is 0.660. The standard InChI is InChI=1S/C32H19N/c1-2-25-11-3-4-12-26(25)19-20-27-13-5-6-14-28(27)21-22-29-15-7-8-16-30(29)23-24-31-17-9-10-18-32(31)33/h1,3-18H,33H2. The van der Waals surface area contributed by atoms with Crippen LogP contribution in [-0.4, -0.2) is 0 Å². The van der Waals surface area contributed by atoms with E-state index in [4.69, 9.17) is 12.2 Å². The minimum atomic E-state index is 0.660. The van der Waals surface area contributed by atoms with Gasteiger partial charge in [-0.25, -0.2) is 0 Å². The molecule has 0 atom stereocenters. The van der Waals surface area contributed by atoms with Crippen LogP contribution in [0.25, 0.3) is 0 Å². The lowest BCUT2D eigenvalue weighted by Gasteiger charge is -1.99. The van der Waals surface area contributed by atoms with Gasteiger partial charge in [-0.05, 0) is 48.5 Å². The third-order valence-corrected chi connectivity index (χ3v) is 4.89. The number of terminal acetylenes is 1. The topological polar surface area (TPSA) is 26.0 Å². The number of benzene rings is 4. The van der Waals surface area contributed by atoms with Crippen LogP contribution in [-0.2, 0) is 0 Å². The van der Waals surface area contributed by atoms with Crippen molar-refractivity contribution < 1.29 is 0 Å². The molecule has 2 N–H and O–H groups in total. The summed E-state index contributed by atoms with van der Waals surface area (Å²) in [6.07, 6.45) is 5.59. The van der Waals surface area contributed by atoms with Gasteiger partial charge in [-0.15, -0.1) is 6.42 Å². The highest BCUT2D eigenvalue weighted by Gasteiger charge is 1.99. The molecule has 0 bridgehead atoms. The molecule has 4 rings (SSSR count). The van der Waals surface area contributed by atoms with E-state index in [0.29, 0.717) is 5.69 Å². The predicted molar refractivity (Wildman–Crippen MR) is 136 cm³/mol. The first-order valence-corrected chi connectivity index (χ1v) is 10.4. The fourth-order valence-electron chi connectivity index (χ4n) is 3.14. The molecule has 4 aromatic carbocycles. The van der Waals surface area contributed by atoms with Gasteiger partial charge in [0.25, 0.3) is 0 Å². The van der Waals surface area contributed by atoms with E-state index in [0.717, 1.165) is 38.9 Å². The molecule has 0 aliphatic rings. The number of anilines is 1. The van der Waals surface area contributed by atoms with Crippen LogP contribution < -0.4 is 5.73 Å². The van der Waals surface area contributed by atoms with Gasteiger partial charge in [0, 0.05) is 44.6 Å². The van der Waals surface area contributed by atoms with Gasteiger partial charge in [0.15, 0.2) is 0 Å². The molecule has 0 heterocycles. The van der Waals surface area contributed by atoms with E-state index in [1.54, 1.807) is 0 Å². The maximum absolute atomic E-state index is 6.01. The highest BCUT2D eigenvalue weighted by Crippen LogP contribution is 2.12. The average Bonchev–Trinajstić information content (AvgIpc) is 2.87. The zero-order valence-electron chi connectivity index (χ0n) is 17.9. The summed E-state index contributed by atoms with van der Waals surface area (Å²) in [7, 11) is 0. The van der Waals surface area contributed by atoms with Crippen LogP contribution in [0.2, 0.25) is 0 Å². The lowest BCUT2D eigenvalue weighted by atomic mass is 10.0. The fourth-order valence-corrected chi connectivity index (χ4v) is 3.14. The summed E-state index contributed by atoms with van der Waals surface area (Å²) < 4.78 is 0. The Morgan fingerprint density at radius 3 is 1.03 bits per heavy atom. The average molecular weight is 418 g/mol. The maximum Gasteiger partial charge on any atom is 0.0478 e. The van der Waals surface area contributed by atoms with Crippen molar-refractivity contribution in [2.24, 2.45) is 0 Å². The Bertz CT molecular complexity index is 1550. The fraction of sp³-hybridized carbons (Fsp3) is 0. The third-order valence-electron chi connectivity index (χ3n) is 4.89. The van der Waals surface area contributed by atoms with Gasteiger partial charge in [0.2, 0.25) is 0 Å². The summed E-state index contributed by atoms with van der Waals surface area (Å²) in [6.45, 7) is 0. The number of para-hydroxylation sites is 1. The smallest absolute Gasteiger partial charge is 0.0478 e. The number of rotatable bonds is 0. The molecule has 0 saturated heterocycles. The molecule has 152 valence electrons. The molecule has 0 amide bonds. The lowest BCUT2D eigenvalue weighted by Crippen LogP contribution is -1.89. The molecule has 0 spiro atoms. The molecule has 33 heavy (non-hydrogen) atoms. The quantitative estimate of drug-likeness (QED) is 0.299. The van der Waals surface area contributed by atoms with Crippen molar-refractivity contribution in [1.82, 2.24) is 0 Å². The zero-order valence-corrected chi connectivity index (χ0v) is 17.9. The summed E-state index contributed by atoms with van der Waals surface area (Å²) in [6, 6.07) is 30.9. The van der Waals surface area contributed by atoms with Crippen LogP contribution >= 0.6 is 0 Å². The van der Waals surface area contributed by atoms with E-state index in [-0.39, 0.29) is 0 Å². The van der Waals surface area contributed by atoms with Gasteiger partial charge in [-0.2, -0.15) is 0 Å². The van der Waals surface area contributed by atoms with Crippen LogP contribution in [0.1, 0.15) is 38.9 Å². The Balaban J connectivity index is 1.68. The van der Waals surface area contributed by atoms with Gasteiger partial charge in [-0.3, -0.25) is 0 Å². The van der Waals surface area contributed by atoms with E-state index < -0.39 is 0 Å². The molecule has 0 saturated carbocycles. The van der Waals surface area contributed by atoms with Crippen LogP contribution in [0, 0.1) is 47.9 Å². The largest absolute Gasteiger partial charge is 0.398 e. The highest BCUT2D eigenvalue weighted by atomic mass is 14.5. The Kier molecular flexibility index (Phi) is 6.60. The number of nitrogen functional groups attached to an aromatic ring is 1. The Morgan fingerprint density at radius 2 is 0.667 bits per heavy atom. The molecule has 4 aromatic rings. The molecule has 0 aliphatic heterocycles. The first kappa shape index (κ1) is 21.2. The summed E-state index contributed by atoms with van der Waals surface area (Å²) in [5, 5.41) is 0. The molecule has 0 radical (unpaired) electrons. The number of hydrogen-bond donors (Lipinski definition) is 1. The molecule has 0 fully saturated rings. The van der Waals surface area contributed by atoms with Crippen molar-refractivity contribution in [2.75, 3.05) is 5.73 Å². The molecule has 1 nitrogen and oxygen atoms in total. The SMILES string of the molecule is C#Cc1ccccc1C#Cc1ccccc1C#Cc1ccccc1C#Cc1ccccc1N. The van der Waals surface area contributed by atoms with Gasteiger partial charge >= 0.3 is 0 Å². The van der Waals surface area contributed by atoms with Gasteiger partial charge in [-0.1, -0.05) is 90.0 Å². The van der Waals surface area contributed by atoms with Crippen molar-refractivity contribution in [3.8, 4) is 47.9 Å². The Morgan fingerprint density at radius 1 is 0.394 bits per heavy atom. The van der Waals surface area contributed by atoms with Crippen molar-refractivity contribution in [1.29, 1.82) is 0 Å². The van der Waals surface area contributed by atoms with Crippen molar-refractivity contribution in [3.05, 3.63) is 136 Å². The van der Waals surface area contributed by atoms with E-state index in [2.05, 4.69) is 41.4 Å². The van der Waals surface area contributed by atoms with Crippen LogP contribution in [0.5, 0.6) is 0 Å².